The second-order valence-electron chi connectivity index (χ2n) is 3.74. The summed E-state index contributed by atoms with van der Waals surface area (Å²) in [6, 6.07) is 3.14. The number of carbonyl (C=O) groups is 1. The van der Waals surface area contributed by atoms with Gasteiger partial charge in [0.15, 0.2) is 11.5 Å². The maximum atomic E-state index is 12.0. The number of fused-ring (bicyclic) bond motifs is 1. The van der Waals surface area contributed by atoms with E-state index in [1.165, 1.54) is 4.90 Å². The summed E-state index contributed by atoms with van der Waals surface area (Å²) in [7, 11) is 1.60. The molecule has 0 aromatic heterocycles. The van der Waals surface area contributed by atoms with E-state index in [1.54, 1.807) is 19.2 Å². The Balaban J connectivity index is 2.29. The van der Waals surface area contributed by atoms with Crippen LogP contribution in [0.5, 0.6) is 11.5 Å². The standard InChI is InChI=1S/C11H14N2O4/c1-13(2-3-14)11(15)7-4-9-10(5-8(7)12)17-6-16-9/h4-5,14H,2-3,6,12H2,1H3. The fraction of sp³-hybridized carbons (Fsp3) is 0.364. The van der Waals surface area contributed by atoms with Crippen molar-refractivity contribution < 1.29 is 19.4 Å². The van der Waals surface area contributed by atoms with E-state index in [0.717, 1.165) is 0 Å². The third-order valence-electron chi connectivity index (χ3n) is 2.56. The number of nitrogen functional groups attached to an aromatic ring is 1. The van der Waals surface area contributed by atoms with Crippen LogP contribution >= 0.6 is 0 Å². The van der Waals surface area contributed by atoms with Crippen molar-refractivity contribution in [1.82, 2.24) is 4.90 Å². The van der Waals surface area contributed by atoms with Gasteiger partial charge in [0.05, 0.1) is 12.2 Å². The molecule has 92 valence electrons. The Morgan fingerprint density at radius 3 is 2.76 bits per heavy atom. The van der Waals surface area contributed by atoms with Crippen molar-refractivity contribution in [2.24, 2.45) is 0 Å². The third kappa shape index (κ3) is 2.12. The first-order valence-corrected chi connectivity index (χ1v) is 5.19. The number of ether oxygens (including phenoxy) is 2. The lowest BCUT2D eigenvalue weighted by Crippen LogP contribution is -2.30. The molecule has 17 heavy (non-hydrogen) atoms. The van der Waals surface area contributed by atoms with Crippen molar-refractivity contribution in [3.05, 3.63) is 17.7 Å². The van der Waals surface area contributed by atoms with E-state index in [0.29, 0.717) is 22.7 Å². The van der Waals surface area contributed by atoms with Crippen LogP contribution in [0.25, 0.3) is 0 Å². The minimum Gasteiger partial charge on any atom is -0.454 e. The lowest BCUT2D eigenvalue weighted by molar-refractivity contribution is 0.0767. The van der Waals surface area contributed by atoms with Gasteiger partial charge in [0.1, 0.15) is 0 Å². The van der Waals surface area contributed by atoms with Crippen molar-refractivity contribution in [2.45, 2.75) is 0 Å². The molecule has 0 saturated carbocycles. The molecular formula is C11H14N2O4. The van der Waals surface area contributed by atoms with Gasteiger partial charge in [-0.15, -0.1) is 0 Å². The van der Waals surface area contributed by atoms with Gasteiger partial charge in [-0.3, -0.25) is 4.79 Å². The van der Waals surface area contributed by atoms with Crippen LogP contribution in [-0.2, 0) is 0 Å². The molecule has 3 N–H and O–H groups in total. The predicted octanol–water partition coefficient (Wildman–Crippen LogP) is 0.0618. The van der Waals surface area contributed by atoms with Crippen molar-refractivity contribution in [3.8, 4) is 11.5 Å². The minimum absolute atomic E-state index is 0.0906. The summed E-state index contributed by atoms with van der Waals surface area (Å²) in [6.45, 7) is 0.304. The van der Waals surface area contributed by atoms with E-state index < -0.39 is 0 Å². The van der Waals surface area contributed by atoms with E-state index >= 15 is 0 Å². The van der Waals surface area contributed by atoms with Gasteiger partial charge >= 0.3 is 0 Å². The van der Waals surface area contributed by atoms with Crippen LogP contribution in [0.15, 0.2) is 12.1 Å². The van der Waals surface area contributed by atoms with Crippen LogP contribution in [-0.4, -0.2) is 42.9 Å². The molecule has 2 rings (SSSR count). The molecule has 0 aliphatic carbocycles. The average Bonchev–Trinajstić information content (AvgIpc) is 2.74. The van der Waals surface area contributed by atoms with Crippen molar-refractivity contribution in [3.63, 3.8) is 0 Å². The molecule has 0 spiro atoms. The highest BCUT2D eigenvalue weighted by Gasteiger charge is 2.21. The highest BCUT2D eigenvalue weighted by Crippen LogP contribution is 2.36. The Kier molecular flexibility index (Phi) is 3.06. The van der Waals surface area contributed by atoms with E-state index in [2.05, 4.69) is 0 Å². The Hall–Kier alpha value is -1.95. The lowest BCUT2D eigenvalue weighted by atomic mass is 10.1. The van der Waals surface area contributed by atoms with Crippen molar-refractivity contribution in [2.75, 3.05) is 32.7 Å². The summed E-state index contributed by atoms with van der Waals surface area (Å²) in [5, 5.41) is 8.79. The summed E-state index contributed by atoms with van der Waals surface area (Å²) in [5.74, 6) is 0.804. The monoisotopic (exact) mass is 238 g/mol. The van der Waals surface area contributed by atoms with Gasteiger partial charge in [-0.25, -0.2) is 0 Å². The Morgan fingerprint density at radius 1 is 1.47 bits per heavy atom. The van der Waals surface area contributed by atoms with E-state index in [-0.39, 0.29) is 25.9 Å². The fourth-order valence-corrected chi connectivity index (χ4v) is 1.60. The largest absolute Gasteiger partial charge is 0.454 e. The SMILES string of the molecule is CN(CCO)C(=O)c1cc2c(cc1N)OCO2. The molecule has 0 radical (unpaired) electrons. The number of benzene rings is 1. The number of nitrogens with two attached hydrogens (primary N) is 1. The number of aliphatic hydroxyl groups is 1. The molecule has 1 amide bonds. The van der Waals surface area contributed by atoms with Gasteiger partial charge in [-0.05, 0) is 6.07 Å². The van der Waals surface area contributed by atoms with Gasteiger partial charge in [0.25, 0.3) is 5.91 Å². The second kappa shape index (κ2) is 4.50. The summed E-state index contributed by atoms with van der Waals surface area (Å²) in [5.41, 5.74) is 6.47. The molecule has 1 aliphatic rings. The van der Waals surface area contributed by atoms with E-state index in [4.69, 9.17) is 20.3 Å². The fourth-order valence-electron chi connectivity index (χ4n) is 1.60. The highest BCUT2D eigenvalue weighted by molar-refractivity contribution is 6.00. The number of anilines is 1. The zero-order chi connectivity index (χ0) is 12.4. The molecule has 1 aliphatic heterocycles. The summed E-state index contributed by atoms with van der Waals surface area (Å²) in [4.78, 5) is 13.4. The minimum atomic E-state index is -0.255. The molecule has 0 saturated heterocycles. The molecule has 6 nitrogen and oxygen atoms in total. The second-order valence-corrected chi connectivity index (χ2v) is 3.74. The number of aliphatic hydroxyl groups excluding tert-OH is 1. The first-order chi connectivity index (χ1) is 8.13. The van der Waals surface area contributed by atoms with Crippen LogP contribution in [0.4, 0.5) is 5.69 Å². The topological polar surface area (TPSA) is 85.0 Å². The Labute approximate surface area is 98.5 Å². The molecule has 1 heterocycles. The first-order valence-electron chi connectivity index (χ1n) is 5.19. The summed E-state index contributed by atoms with van der Waals surface area (Å²) in [6.07, 6.45) is 0. The maximum Gasteiger partial charge on any atom is 0.255 e. The predicted molar refractivity (Wildman–Crippen MR) is 61.0 cm³/mol. The quantitative estimate of drug-likeness (QED) is 0.727. The molecular weight excluding hydrogens is 224 g/mol. The third-order valence-corrected chi connectivity index (χ3v) is 2.56. The van der Waals surface area contributed by atoms with Gasteiger partial charge in [-0.1, -0.05) is 0 Å². The number of carbonyl (C=O) groups excluding carboxylic acids is 1. The number of hydrogen-bond acceptors (Lipinski definition) is 5. The average molecular weight is 238 g/mol. The molecule has 0 unspecified atom stereocenters. The normalized spacial score (nSPS) is 12.6. The van der Waals surface area contributed by atoms with Gasteiger partial charge in [-0.2, -0.15) is 0 Å². The highest BCUT2D eigenvalue weighted by atomic mass is 16.7. The van der Waals surface area contributed by atoms with Gasteiger partial charge < -0.3 is 25.2 Å². The Morgan fingerprint density at radius 2 is 2.12 bits per heavy atom. The van der Waals surface area contributed by atoms with Crippen LogP contribution in [0.3, 0.4) is 0 Å². The molecule has 0 atom stereocenters. The van der Waals surface area contributed by atoms with Gasteiger partial charge in [0.2, 0.25) is 6.79 Å². The zero-order valence-electron chi connectivity index (χ0n) is 9.47. The van der Waals surface area contributed by atoms with E-state index in [9.17, 15) is 4.79 Å². The zero-order valence-corrected chi connectivity index (χ0v) is 9.47. The van der Waals surface area contributed by atoms with Crippen molar-refractivity contribution >= 4 is 11.6 Å². The van der Waals surface area contributed by atoms with Crippen molar-refractivity contribution in [1.29, 1.82) is 0 Å². The molecule has 1 aromatic rings. The summed E-state index contributed by atoms with van der Waals surface area (Å²) < 4.78 is 10.3. The van der Waals surface area contributed by atoms with Crippen LogP contribution in [0, 0.1) is 0 Å². The van der Waals surface area contributed by atoms with Crippen LogP contribution < -0.4 is 15.2 Å². The summed E-state index contributed by atoms with van der Waals surface area (Å²) >= 11 is 0. The van der Waals surface area contributed by atoms with Crippen LogP contribution in [0.1, 0.15) is 10.4 Å². The molecule has 0 fully saturated rings. The number of nitrogens with zero attached hydrogens (tertiary/aromatic N) is 1. The molecule has 6 heteroatoms. The number of hydrogen-bond donors (Lipinski definition) is 2. The Bertz CT molecular complexity index is 447. The molecule has 0 bridgehead atoms. The maximum absolute atomic E-state index is 12.0. The number of amides is 1. The first kappa shape index (κ1) is 11.5. The smallest absolute Gasteiger partial charge is 0.255 e. The number of likely N-dealkylation sites (N-methyl/N-ethyl adjacent to an activating group) is 1. The number of rotatable bonds is 3. The van der Waals surface area contributed by atoms with E-state index in [1.807, 2.05) is 0 Å². The lowest BCUT2D eigenvalue weighted by Gasteiger charge is -2.17. The van der Waals surface area contributed by atoms with Crippen LogP contribution in [0.2, 0.25) is 0 Å². The molecule has 1 aromatic carbocycles. The van der Waals surface area contributed by atoms with Gasteiger partial charge in [0, 0.05) is 25.3 Å².